The molecule has 0 aromatic rings. The summed E-state index contributed by atoms with van der Waals surface area (Å²) >= 11 is 0. The second kappa shape index (κ2) is 4.31. The van der Waals surface area contributed by atoms with Gasteiger partial charge in [0.15, 0.2) is 0 Å². The zero-order chi connectivity index (χ0) is 10.8. The van der Waals surface area contributed by atoms with Crippen LogP contribution in [0.4, 0.5) is 0 Å². The Labute approximate surface area is 87.5 Å². The number of aliphatic hydroxyl groups is 1. The van der Waals surface area contributed by atoms with Gasteiger partial charge >= 0.3 is 0 Å². The van der Waals surface area contributed by atoms with Gasteiger partial charge in [0.2, 0.25) is 0 Å². The summed E-state index contributed by atoms with van der Waals surface area (Å²) in [5.74, 6) is 0.509. The molecule has 0 radical (unpaired) electrons. The van der Waals surface area contributed by atoms with E-state index < -0.39 is 0 Å². The fraction of sp³-hybridized carbons (Fsp3) is 0.692. The van der Waals surface area contributed by atoms with Gasteiger partial charge in [0.05, 0.1) is 6.61 Å². The highest BCUT2D eigenvalue weighted by molar-refractivity contribution is 5.21. The second-order valence-corrected chi connectivity index (χ2v) is 5.24. The van der Waals surface area contributed by atoms with Crippen LogP contribution < -0.4 is 0 Å². The molecule has 0 heterocycles. The Morgan fingerprint density at radius 2 is 2.29 bits per heavy atom. The molecule has 0 unspecified atom stereocenters. The summed E-state index contributed by atoms with van der Waals surface area (Å²) in [5.41, 5.74) is 3.02. The third kappa shape index (κ3) is 2.71. The van der Waals surface area contributed by atoms with E-state index in [0.29, 0.717) is 11.3 Å². The van der Waals surface area contributed by atoms with Crippen LogP contribution in [0.1, 0.15) is 40.0 Å². The smallest absolute Gasteiger partial charge is 0.0615 e. The van der Waals surface area contributed by atoms with Gasteiger partial charge in [0.1, 0.15) is 0 Å². The normalized spacial score (nSPS) is 29.1. The highest BCUT2D eigenvalue weighted by Gasteiger charge is 2.30. The lowest BCUT2D eigenvalue weighted by Crippen LogP contribution is -2.24. The van der Waals surface area contributed by atoms with Crippen molar-refractivity contribution in [1.82, 2.24) is 0 Å². The third-order valence-electron chi connectivity index (χ3n) is 3.19. The fourth-order valence-electron chi connectivity index (χ4n) is 2.38. The number of allylic oxidation sites excluding steroid dienone is 2. The molecule has 80 valence electrons. The van der Waals surface area contributed by atoms with Crippen LogP contribution >= 0.6 is 0 Å². The van der Waals surface area contributed by atoms with Gasteiger partial charge in [-0.25, -0.2) is 0 Å². The summed E-state index contributed by atoms with van der Waals surface area (Å²) in [6.07, 6.45) is 5.52. The van der Waals surface area contributed by atoms with Gasteiger partial charge in [-0.1, -0.05) is 37.6 Å². The quantitative estimate of drug-likeness (QED) is 0.669. The van der Waals surface area contributed by atoms with E-state index in [2.05, 4.69) is 27.4 Å². The zero-order valence-corrected chi connectivity index (χ0v) is 9.64. The minimum Gasteiger partial charge on any atom is -0.392 e. The predicted octanol–water partition coefficient (Wildman–Crippen LogP) is 3.31. The lowest BCUT2D eigenvalue weighted by molar-refractivity contribution is 0.258. The van der Waals surface area contributed by atoms with Crippen molar-refractivity contribution in [3.63, 3.8) is 0 Å². The van der Waals surface area contributed by atoms with Crippen molar-refractivity contribution < 1.29 is 5.11 Å². The first-order valence-corrected chi connectivity index (χ1v) is 5.41. The van der Waals surface area contributed by atoms with Crippen LogP contribution in [-0.4, -0.2) is 11.7 Å². The van der Waals surface area contributed by atoms with Gasteiger partial charge in [-0.15, -0.1) is 0 Å². The van der Waals surface area contributed by atoms with Crippen molar-refractivity contribution >= 4 is 0 Å². The zero-order valence-electron chi connectivity index (χ0n) is 9.64. The molecule has 1 nitrogen and oxygen atoms in total. The molecule has 1 rings (SSSR count). The summed E-state index contributed by atoms with van der Waals surface area (Å²) in [4.78, 5) is 0. The number of aliphatic hydroxyl groups excluding tert-OH is 1. The SMILES string of the molecule is C=C(C)[C@@H]1CCC(C)(C)C/C1=C\CO. The maximum atomic E-state index is 8.98. The van der Waals surface area contributed by atoms with Crippen LogP contribution in [0.3, 0.4) is 0 Å². The highest BCUT2D eigenvalue weighted by Crippen LogP contribution is 2.43. The molecular weight excluding hydrogens is 172 g/mol. The molecule has 0 bridgehead atoms. The number of hydrogen-bond acceptors (Lipinski definition) is 1. The standard InChI is InChI=1S/C13H22O/c1-10(2)12-5-7-13(3,4)9-11(12)6-8-14/h6,12,14H,1,5,7-9H2,2-4H3/b11-6+/t12-/m0/s1. The Morgan fingerprint density at radius 3 is 2.79 bits per heavy atom. The lowest BCUT2D eigenvalue weighted by atomic mass is 9.68. The minimum atomic E-state index is 0.162. The van der Waals surface area contributed by atoms with E-state index in [1.54, 1.807) is 0 Å². The van der Waals surface area contributed by atoms with E-state index in [1.807, 2.05) is 6.08 Å². The van der Waals surface area contributed by atoms with Crippen LogP contribution in [-0.2, 0) is 0 Å². The molecule has 1 heteroatoms. The Bertz CT molecular complexity index is 248. The Morgan fingerprint density at radius 1 is 1.64 bits per heavy atom. The lowest BCUT2D eigenvalue weighted by Gasteiger charge is -2.37. The second-order valence-electron chi connectivity index (χ2n) is 5.24. The molecule has 0 amide bonds. The van der Waals surface area contributed by atoms with E-state index in [-0.39, 0.29) is 6.61 Å². The minimum absolute atomic E-state index is 0.162. The molecule has 1 atom stereocenters. The van der Waals surface area contributed by atoms with E-state index >= 15 is 0 Å². The van der Waals surface area contributed by atoms with Crippen LogP contribution in [0.5, 0.6) is 0 Å². The molecule has 0 aromatic heterocycles. The van der Waals surface area contributed by atoms with Crippen molar-refractivity contribution in [3.8, 4) is 0 Å². The van der Waals surface area contributed by atoms with Gasteiger partial charge in [0, 0.05) is 5.92 Å². The molecular formula is C13H22O. The van der Waals surface area contributed by atoms with E-state index in [9.17, 15) is 0 Å². The Hall–Kier alpha value is -0.560. The van der Waals surface area contributed by atoms with Crippen LogP contribution in [0, 0.1) is 11.3 Å². The van der Waals surface area contributed by atoms with Gasteiger partial charge < -0.3 is 5.11 Å². The largest absolute Gasteiger partial charge is 0.392 e. The van der Waals surface area contributed by atoms with Crippen molar-refractivity contribution in [3.05, 3.63) is 23.8 Å². The van der Waals surface area contributed by atoms with Crippen molar-refractivity contribution in [2.24, 2.45) is 11.3 Å². The van der Waals surface area contributed by atoms with Gasteiger partial charge in [-0.05, 0) is 31.6 Å². The van der Waals surface area contributed by atoms with Crippen molar-refractivity contribution in [1.29, 1.82) is 0 Å². The summed E-state index contributed by atoms with van der Waals surface area (Å²) in [6, 6.07) is 0. The third-order valence-corrected chi connectivity index (χ3v) is 3.19. The first kappa shape index (κ1) is 11.5. The Kier molecular flexibility index (Phi) is 3.54. The van der Waals surface area contributed by atoms with Crippen molar-refractivity contribution in [2.45, 2.75) is 40.0 Å². The van der Waals surface area contributed by atoms with Gasteiger partial charge in [-0.2, -0.15) is 0 Å². The summed E-state index contributed by atoms with van der Waals surface area (Å²) < 4.78 is 0. The summed E-state index contributed by atoms with van der Waals surface area (Å²) in [7, 11) is 0. The summed E-state index contributed by atoms with van der Waals surface area (Å²) in [6.45, 7) is 10.9. The van der Waals surface area contributed by atoms with Gasteiger partial charge in [0.25, 0.3) is 0 Å². The summed E-state index contributed by atoms with van der Waals surface area (Å²) in [5, 5.41) is 8.98. The molecule has 0 saturated heterocycles. The molecule has 0 aromatic carbocycles. The topological polar surface area (TPSA) is 20.2 Å². The van der Waals surface area contributed by atoms with Gasteiger partial charge in [-0.3, -0.25) is 0 Å². The first-order chi connectivity index (χ1) is 6.46. The molecule has 1 N–H and O–H groups in total. The van der Waals surface area contributed by atoms with E-state index in [0.717, 1.165) is 6.42 Å². The molecule has 1 aliphatic rings. The molecule has 1 fully saturated rings. The highest BCUT2D eigenvalue weighted by atomic mass is 16.2. The molecule has 0 aliphatic heterocycles. The Balaban J connectivity index is 2.81. The molecule has 1 aliphatic carbocycles. The van der Waals surface area contributed by atoms with Crippen LogP contribution in [0.25, 0.3) is 0 Å². The number of hydrogen-bond donors (Lipinski definition) is 1. The van der Waals surface area contributed by atoms with Crippen LogP contribution in [0.15, 0.2) is 23.8 Å². The molecule has 1 saturated carbocycles. The maximum Gasteiger partial charge on any atom is 0.0615 e. The van der Waals surface area contributed by atoms with Crippen molar-refractivity contribution in [2.75, 3.05) is 6.61 Å². The first-order valence-electron chi connectivity index (χ1n) is 5.41. The van der Waals surface area contributed by atoms with E-state index in [1.165, 1.54) is 24.0 Å². The molecule has 0 spiro atoms. The monoisotopic (exact) mass is 194 g/mol. The average Bonchev–Trinajstić information content (AvgIpc) is 2.02. The maximum absolute atomic E-state index is 8.98. The average molecular weight is 194 g/mol. The fourth-order valence-corrected chi connectivity index (χ4v) is 2.38. The number of rotatable bonds is 2. The predicted molar refractivity (Wildman–Crippen MR) is 61.1 cm³/mol. The molecule has 14 heavy (non-hydrogen) atoms. The van der Waals surface area contributed by atoms with Crippen LogP contribution in [0.2, 0.25) is 0 Å². The van der Waals surface area contributed by atoms with E-state index in [4.69, 9.17) is 5.11 Å².